The number of nitrogens with zero attached hydrogens (tertiary/aromatic N) is 2. The van der Waals surface area contributed by atoms with Crippen molar-refractivity contribution in [3.8, 4) is 11.1 Å². The number of hydrogen-bond acceptors (Lipinski definition) is 4. The van der Waals surface area contributed by atoms with Gasteiger partial charge >= 0.3 is 0 Å². The quantitative estimate of drug-likeness (QED) is 0.482. The summed E-state index contributed by atoms with van der Waals surface area (Å²) in [6.45, 7) is 0. The van der Waals surface area contributed by atoms with Crippen LogP contribution in [0, 0.1) is 0 Å². The monoisotopic (exact) mass is 242 g/mol. The van der Waals surface area contributed by atoms with Crippen LogP contribution in [0.1, 0.15) is 0 Å². The standard InChI is InChI=1S/C12H10.C2H4N2O2/c1-3-7-11(8-4-1)12-9-5-2-6-10-12;5-3-1-2-4-6/h1-10H;1-2,5-6H. The second-order valence-corrected chi connectivity index (χ2v) is 3.26. The topological polar surface area (TPSA) is 65.2 Å². The number of benzene rings is 2. The molecule has 0 spiro atoms. The molecular formula is C14H14N2O2. The fourth-order valence-electron chi connectivity index (χ4n) is 1.32. The first-order valence-corrected chi connectivity index (χ1v) is 5.32. The fourth-order valence-corrected chi connectivity index (χ4v) is 1.32. The van der Waals surface area contributed by atoms with Crippen molar-refractivity contribution in [1.29, 1.82) is 0 Å². The summed E-state index contributed by atoms with van der Waals surface area (Å²) >= 11 is 0. The van der Waals surface area contributed by atoms with Crippen LogP contribution in [-0.4, -0.2) is 22.8 Å². The minimum Gasteiger partial charge on any atom is -0.411 e. The summed E-state index contributed by atoms with van der Waals surface area (Å²) in [5.41, 5.74) is 2.55. The molecule has 0 aliphatic heterocycles. The van der Waals surface area contributed by atoms with E-state index in [4.69, 9.17) is 10.4 Å². The SMILES string of the molecule is ON=CC=NO.c1ccc(-c2ccccc2)cc1. The van der Waals surface area contributed by atoms with Gasteiger partial charge in [-0.2, -0.15) is 0 Å². The molecule has 0 saturated carbocycles. The lowest BCUT2D eigenvalue weighted by Crippen LogP contribution is -1.73. The summed E-state index contributed by atoms with van der Waals surface area (Å²) in [5.74, 6) is 0. The Balaban J connectivity index is 0.000000232. The van der Waals surface area contributed by atoms with E-state index in [9.17, 15) is 0 Å². The average Bonchev–Trinajstić information content (AvgIpc) is 2.48. The maximum atomic E-state index is 7.56. The van der Waals surface area contributed by atoms with Crippen molar-refractivity contribution in [2.75, 3.05) is 0 Å². The highest BCUT2D eigenvalue weighted by Crippen LogP contribution is 2.17. The molecule has 2 aromatic rings. The van der Waals surface area contributed by atoms with Gasteiger partial charge in [0.05, 0.1) is 12.4 Å². The Morgan fingerprint density at radius 1 is 0.611 bits per heavy atom. The summed E-state index contributed by atoms with van der Waals surface area (Å²) in [7, 11) is 0. The summed E-state index contributed by atoms with van der Waals surface area (Å²) in [6.07, 6.45) is 1.89. The Morgan fingerprint density at radius 2 is 0.944 bits per heavy atom. The molecule has 0 amide bonds. The van der Waals surface area contributed by atoms with Crippen molar-refractivity contribution < 1.29 is 10.4 Å². The highest BCUT2D eigenvalue weighted by molar-refractivity contribution is 6.15. The Hall–Kier alpha value is -2.62. The normalized spacial score (nSPS) is 10.2. The van der Waals surface area contributed by atoms with Crippen LogP contribution >= 0.6 is 0 Å². The summed E-state index contributed by atoms with van der Waals surface area (Å²) in [6, 6.07) is 20.8. The zero-order valence-electron chi connectivity index (χ0n) is 9.72. The van der Waals surface area contributed by atoms with E-state index in [0.717, 1.165) is 12.4 Å². The summed E-state index contributed by atoms with van der Waals surface area (Å²) < 4.78 is 0. The molecule has 92 valence electrons. The molecule has 4 nitrogen and oxygen atoms in total. The lowest BCUT2D eigenvalue weighted by Gasteiger charge is -1.98. The van der Waals surface area contributed by atoms with Crippen LogP contribution in [-0.2, 0) is 0 Å². The van der Waals surface area contributed by atoms with Crippen LogP contribution in [0.2, 0.25) is 0 Å². The van der Waals surface area contributed by atoms with Crippen molar-refractivity contribution in [2.24, 2.45) is 10.3 Å². The third kappa shape index (κ3) is 4.94. The molecule has 0 aromatic heterocycles. The largest absolute Gasteiger partial charge is 0.411 e. The average molecular weight is 242 g/mol. The van der Waals surface area contributed by atoms with E-state index in [1.54, 1.807) is 0 Å². The maximum Gasteiger partial charge on any atom is 0.0877 e. The van der Waals surface area contributed by atoms with Crippen LogP contribution in [0.15, 0.2) is 71.0 Å². The molecule has 0 heterocycles. The van der Waals surface area contributed by atoms with Crippen LogP contribution in [0.4, 0.5) is 0 Å². The second kappa shape index (κ2) is 8.52. The van der Waals surface area contributed by atoms with Gasteiger partial charge in [-0.25, -0.2) is 0 Å². The van der Waals surface area contributed by atoms with Crippen molar-refractivity contribution in [3.63, 3.8) is 0 Å². The molecule has 0 bridgehead atoms. The molecule has 2 aromatic carbocycles. The first-order chi connectivity index (χ1) is 8.88. The number of oxime groups is 2. The third-order valence-corrected chi connectivity index (χ3v) is 2.08. The highest BCUT2D eigenvalue weighted by Gasteiger charge is 1.91. The maximum absolute atomic E-state index is 7.56. The number of hydrogen-bond donors (Lipinski definition) is 2. The highest BCUT2D eigenvalue weighted by atomic mass is 16.4. The molecule has 0 radical (unpaired) electrons. The van der Waals surface area contributed by atoms with Crippen molar-refractivity contribution in [2.45, 2.75) is 0 Å². The predicted octanol–water partition coefficient (Wildman–Crippen LogP) is 3.26. The predicted molar refractivity (Wildman–Crippen MR) is 72.4 cm³/mol. The smallest absolute Gasteiger partial charge is 0.0877 e. The van der Waals surface area contributed by atoms with Gasteiger partial charge in [-0.05, 0) is 11.1 Å². The Morgan fingerprint density at radius 3 is 1.22 bits per heavy atom. The van der Waals surface area contributed by atoms with Gasteiger partial charge in [-0.1, -0.05) is 71.0 Å². The molecule has 2 rings (SSSR count). The fraction of sp³-hybridized carbons (Fsp3) is 0. The van der Waals surface area contributed by atoms with Gasteiger partial charge in [0, 0.05) is 0 Å². The lowest BCUT2D eigenvalue weighted by molar-refractivity contribution is 0.317. The molecule has 2 N–H and O–H groups in total. The Bertz CT molecular complexity index is 434. The van der Waals surface area contributed by atoms with Crippen LogP contribution in [0.5, 0.6) is 0 Å². The first-order valence-electron chi connectivity index (χ1n) is 5.32. The minimum atomic E-state index is 0.944. The minimum absolute atomic E-state index is 0.944. The second-order valence-electron chi connectivity index (χ2n) is 3.26. The Labute approximate surface area is 106 Å². The molecule has 0 fully saturated rings. The van der Waals surface area contributed by atoms with Gasteiger partial charge in [0.15, 0.2) is 0 Å². The molecule has 0 atom stereocenters. The van der Waals surface area contributed by atoms with Crippen LogP contribution in [0.3, 0.4) is 0 Å². The van der Waals surface area contributed by atoms with Gasteiger partial charge in [-0.3, -0.25) is 0 Å². The van der Waals surface area contributed by atoms with E-state index in [-0.39, 0.29) is 0 Å². The zero-order valence-corrected chi connectivity index (χ0v) is 9.72. The van der Waals surface area contributed by atoms with Gasteiger partial charge in [0.1, 0.15) is 0 Å². The lowest BCUT2D eigenvalue weighted by atomic mass is 10.1. The molecule has 0 saturated heterocycles. The van der Waals surface area contributed by atoms with E-state index in [0.29, 0.717) is 0 Å². The van der Waals surface area contributed by atoms with Crippen molar-refractivity contribution >= 4 is 12.4 Å². The van der Waals surface area contributed by atoms with Crippen LogP contribution in [0.25, 0.3) is 11.1 Å². The van der Waals surface area contributed by atoms with Gasteiger partial charge in [0.25, 0.3) is 0 Å². The van der Waals surface area contributed by atoms with E-state index < -0.39 is 0 Å². The van der Waals surface area contributed by atoms with Crippen molar-refractivity contribution in [1.82, 2.24) is 0 Å². The summed E-state index contributed by atoms with van der Waals surface area (Å²) in [5, 5.41) is 20.1. The molecule has 0 unspecified atom stereocenters. The van der Waals surface area contributed by atoms with Gasteiger partial charge in [-0.15, -0.1) is 0 Å². The molecule has 4 heteroatoms. The van der Waals surface area contributed by atoms with E-state index in [1.165, 1.54) is 11.1 Å². The third-order valence-electron chi connectivity index (χ3n) is 2.08. The van der Waals surface area contributed by atoms with E-state index in [1.807, 2.05) is 12.1 Å². The van der Waals surface area contributed by atoms with E-state index >= 15 is 0 Å². The van der Waals surface area contributed by atoms with Gasteiger partial charge in [0.2, 0.25) is 0 Å². The molecule has 18 heavy (non-hydrogen) atoms. The molecular weight excluding hydrogens is 228 g/mol. The van der Waals surface area contributed by atoms with Gasteiger partial charge < -0.3 is 10.4 Å². The molecule has 0 aliphatic carbocycles. The molecule has 0 aliphatic rings. The van der Waals surface area contributed by atoms with E-state index in [2.05, 4.69) is 58.8 Å². The zero-order chi connectivity index (χ0) is 13.1. The van der Waals surface area contributed by atoms with Crippen LogP contribution < -0.4 is 0 Å². The summed E-state index contributed by atoms with van der Waals surface area (Å²) in [4.78, 5) is 0. The number of rotatable bonds is 2. The Kier molecular flexibility index (Phi) is 6.37. The first kappa shape index (κ1) is 13.4. The van der Waals surface area contributed by atoms with Crippen molar-refractivity contribution in [3.05, 3.63) is 60.7 Å².